The molecule has 0 saturated heterocycles. The summed E-state index contributed by atoms with van der Waals surface area (Å²) < 4.78 is 0. The van der Waals surface area contributed by atoms with Crippen molar-refractivity contribution in [2.45, 2.75) is 6.92 Å². The Kier molecular flexibility index (Phi) is 3.29. The molecule has 0 amide bonds. The van der Waals surface area contributed by atoms with Gasteiger partial charge in [-0.3, -0.25) is 10.3 Å². The molecule has 1 aromatic heterocycles. The van der Waals surface area contributed by atoms with Gasteiger partial charge in [0, 0.05) is 38.5 Å². The van der Waals surface area contributed by atoms with Crippen LogP contribution in [0.25, 0.3) is 0 Å². The molecule has 1 aromatic rings. The third-order valence-corrected chi connectivity index (χ3v) is 0.419. The SMILES string of the molecule is Cc1nnn[n-]1.[Y]. The Hall–Kier alpha value is 0.174. The molecule has 0 saturated carbocycles. The monoisotopic (exact) mass is 172 g/mol. The summed E-state index contributed by atoms with van der Waals surface area (Å²) in [6.07, 6.45) is 0. The van der Waals surface area contributed by atoms with Crippen LogP contribution in [0.3, 0.4) is 0 Å². The molecule has 0 aliphatic heterocycles. The Morgan fingerprint density at radius 2 is 2.29 bits per heavy atom. The van der Waals surface area contributed by atoms with E-state index in [9.17, 15) is 0 Å². The molecule has 0 atom stereocenters. The van der Waals surface area contributed by atoms with Crippen LogP contribution in [-0.2, 0) is 32.7 Å². The van der Waals surface area contributed by atoms with Crippen LogP contribution in [0.2, 0.25) is 0 Å². The summed E-state index contributed by atoms with van der Waals surface area (Å²) in [5.74, 6) is 0.620. The maximum absolute atomic E-state index is 3.44. The standard InChI is InChI=1S/C2H3N4.Y/c1-2-3-5-6-4-2;/h1H3;/q-1;. The molecule has 0 fully saturated rings. The molecule has 0 bridgehead atoms. The van der Waals surface area contributed by atoms with Gasteiger partial charge in [-0.05, 0) is 6.92 Å². The van der Waals surface area contributed by atoms with Crippen LogP contribution in [0.4, 0.5) is 0 Å². The Morgan fingerprint density at radius 3 is 2.43 bits per heavy atom. The number of hydrogen-bond acceptors (Lipinski definition) is 3. The average Bonchev–Trinajstić information content (AvgIpc) is 1.86. The molecule has 5 heteroatoms. The zero-order chi connectivity index (χ0) is 4.41. The van der Waals surface area contributed by atoms with E-state index in [0.29, 0.717) is 5.82 Å². The smallest absolute Gasteiger partial charge is 0.00677 e. The van der Waals surface area contributed by atoms with E-state index in [1.807, 2.05) is 0 Å². The molecule has 0 N–H and O–H groups in total. The van der Waals surface area contributed by atoms with E-state index in [2.05, 4.69) is 20.6 Å². The van der Waals surface area contributed by atoms with Gasteiger partial charge in [0.2, 0.25) is 0 Å². The Balaban J connectivity index is 0.000000360. The Bertz CT molecular complexity index is 113. The number of hydrogen-bond donors (Lipinski definition) is 0. The average molecular weight is 172 g/mol. The van der Waals surface area contributed by atoms with Crippen molar-refractivity contribution in [2.24, 2.45) is 0 Å². The molecule has 1 radical (unpaired) electrons. The molecule has 1 heterocycles. The fraction of sp³-hybridized carbons (Fsp3) is 0.500. The minimum Gasteiger partial charge on any atom is -0.336 e. The second-order valence-electron chi connectivity index (χ2n) is 0.926. The molecule has 0 spiro atoms. The van der Waals surface area contributed by atoms with Crippen molar-refractivity contribution in [3.8, 4) is 0 Å². The molecular formula is C2H3N4Y-. The van der Waals surface area contributed by atoms with Crippen molar-refractivity contribution < 1.29 is 32.7 Å². The molecule has 7 heavy (non-hydrogen) atoms. The quantitative estimate of drug-likeness (QED) is 0.510. The van der Waals surface area contributed by atoms with Crippen molar-refractivity contribution in [3.63, 3.8) is 0 Å². The first-order valence-electron chi connectivity index (χ1n) is 1.55. The maximum Gasteiger partial charge on any atom is 0.00677 e. The fourth-order valence-electron chi connectivity index (χ4n) is 0.189. The molecule has 1 rings (SSSR count). The molecule has 0 aromatic carbocycles. The summed E-state index contributed by atoms with van der Waals surface area (Å²) in [6.45, 7) is 1.74. The molecule has 35 valence electrons. The minimum atomic E-state index is 0. The third-order valence-electron chi connectivity index (χ3n) is 0.419. The number of aromatic nitrogens is 4. The van der Waals surface area contributed by atoms with E-state index in [-0.39, 0.29) is 32.7 Å². The predicted molar refractivity (Wildman–Crippen MR) is 17.9 cm³/mol. The van der Waals surface area contributed by atoms with Crippen LogP contribution in [0.15, 0.2) is 0 Å². The second-order valence-corrected chi connectivity index (χ2v) is 0.926. The molecule has 0 aliphatic rings. The number of rotatable bonds is 0. The first-order chi connectivity index (χ1) is 2.89. The van der Waals surface area contributed by atoms with Crippen LogP contribution < -0.4 is 5.10 Å². The molecule has 4 nitrogen and oxygen atoms in total. The Labute approximate surface area is 66.0 Å². The molecular weight excluding hydrogens is 169 g/mol. The van der Waals surface area contributed by atoms with E-state index >= 15 is 0 Å². The van der Waals surface area contributed by atoms with E-state index in [1.165, 1.54) is 0 Å². The van der Waals surface area contributed by atoms with Crippen molar-refractivity contribution >= 4 is 0 Å². The normalized spacial score (nSPS) is 7.57. The summed E-state index contributed by atoms with van der Waals surface area (Å²) in [6, 6.07) is 0. The summed E-state index contributed by atoms with van der Waals surface area (Å²) in [5, 5.41) is 13.3. The summed E-state index contributed by atoms with van der Waals surface area (Å²) >= 11 is 0. The second kappa shape index (κ2) is 3.21. The number of tetrazole rings is 1. The first-order valence-corrected chi connectivity index (χ1v) is 1.55. The van der Waals surface area contributed by atoms with Crippen LogP contribution in [0.1, 0.15) is 5.82 Å². The van der Waals surface area contributed by atoms with E-state index in [0.717, 1.165) is 0 Å². The van der Waals surface area contributed by atoms with Gasteiger partial charge in [0.25, 0.3) is 0 Å². The molecule has 0 aliphatic carbocycles. The van der Waals surface area contributed by atoms with Gasteiger partial charge in [0.1, 0.15) is 0 Å². The van der Waals surface area contributed by atoms with Crippen molar-refractivity contribution in [3.05, 3.63) is 5.82 Å². The van der Waals surface area contributed by atoms with Gasteiger partial charge in [-0.2, -0.15) is 5.21 Å². The minimum absolute atomic E-state index is 0. The van der Waals surface area contributed by atoms with Gasteiger partial charge in [0.05, 0.1) is 0 Å². The topological polar surface area (TPSA) is 52.8 Å². The van der Waals surface area contributed by atoms with Crippen molar-refractivity contribution in [1.29, 1.82) is 0 Å². The third kappa shape index (κ3) is 2.09. The number of nitrogens with zero attached hydrogens (tertiary/aromatic N) is 4. The van der Waals surface area contributed by atoms with Crippen LogP contribution >= 0.6 is 0 Å². The van der Waals surface area contributed by atoms with Gasteiger partial charge in [-0.25, -0.2) is 0 Å². The molecule has 0 unspecified atom stereocenters. The van der Waals surface area contributed by atoms with Gasteiger partial charge in [-0.1, -0.05) is 0 Å². The zero-order valence-corrected chi connectivity index (χ0v) is 6.70. The summed E-state index contributed by atoms with van der Waals surface area (Å²) in [7, 11) is 0. The van der Waals surface area contributed by atoms with E-state index in [1.54, 1.807) is 6.92 Å². The van der Waals surface area contributed by atoms with Crippen molar-refractivity contribution in [1.82, 2.24) is 20.6 Å². The Morgan fingerprint density at radius 1 is 1.57 bits per heavy atom. The maximum atomic E-state index is 3.44. The summed E-state index contributed by atoms with van der Waals surface area (Å²) in [4.78, 5) is 0. The van der Waals surface area contributed by atoms with E-state index in [4.69, 9.17) is 0 Å². The van der Waals surface area contributed by atoms with Crippen molar-refractivity contribution in [2.75, 3.05) is 0 Å². The van der Waals surface area contributed by atoms with Crippen LogP contribution in [0, 0.1) is 6.92 Å². The van der Waals surface area contributed by atoms with E-state index < -0.39 is 0 Å². The van der Waals surface area contributed by atoms with Gasteiger partial charge in [-0.15, -0.1) is 0 Å². The van der Waals surface area contributed by atoms with Gasteiger partial charge >= 0.3 is 0 Å². The van der Waals surface area contributed by atoms with Gasteiger partial charge in [0.15, 0.2) is 0 Å². The fourth-order valence-corrected chi connectivity index (χ4v) is 0.189. The van der Waals surface area contributed by atoms with Gasteiger partial charge < -0.3 is 5.10 Å². The largest absolute Gasteiger partial charge is 0.336 e. The first kappa shape index (κ1) is 7.17. The summed E-state index contributed by atoms with van der Waals surface area (Å²) in [5.41, 5.74) is 0. The van der Waals surface area contributed by atoms with Crippen LogP contribution in [-0.4, -0.2) is 15.5 Å². The zero-order valence-electron chi connectivity index (χ0n) is 3.87. The van der Waals surface area contributed by atoms with Crippen LogP contribution in [0.5, 0.6) is 0 Å². The number of aryl methyl sites for hydroxylation is 1. The predicted octanol–water partition coefficient (Wildman–Crippen LogP) is -0.865.